The molecule has 6 heteroatoms. The second-order valence-corrected chi connectivity index (χ2v) is 4.76. The van der Waals surface area contributed by atoms with E-state index in [0.29, 0.717) is 13.1 Å². The van der Waals surface area contributed by atoms with Gasteiger partial charge in [0.1, 0.15) is 0 Å². The fraction of sp³-hybridized carbons (Fsp3) is 0.800. The Labute approximate surface area is 96.1 Å². The molecule has 0 saturated heterocycles. The number of primary amides is 2. The monoisotopic (exact) mass is 230 g/mol. The van der Waals surface area contributed by atoms with E-state index >= 15 is 0 Å². The molecule has 0 aromatic heterocycles. The SMILES string of the molecule is CC(C)(CN)CCN(CC(N)=O)CC(N)=O. The average Bonchev–Trinajstić information content (AvgIpc) is 2.13. The van der Waals surface area contributed by atoms with Gasteiger partial charge in [0.15, 0.2) is 0 Å². The van der Waals surface area contributed by atoms with Gasteiger partial charge >= 0.3 is 0 Å². The van der Waals surface area contributed by atoms with Crippen molar-refractivity contribution < 1.29 is 9.59 Å². The maximum atomic E-state index is 10.8. The highest BCUT2D eigenvalue weighted by Gasteiger charge is 2.18. The van der Waals surface area contributed by atoms with E-state index < -0.39 is 11.8 Å². The summed E-state index contributed by atoms with van der Waals surface area (Å²) < 4.78 is 0. The van der Waals surface area contributed by atoms with E-state index in [1.165, 1.54) is 0 Å². The summed E-state index contributed by atoms with van der Waals surface area (Å²) in [4.78, 5) is 23.2. The van der Waals surface area contributed by atoms with Gasteiger partial charge in [-0.2, -0.15) is 0 Å². The standard InChI is InChI=1S/C10H22N4O2/c1-10(2,7-11)3-4-14(5-8(12)15)6-9(13)16/h3-7,11H2,1-2H3,(H2,12,15)(H2,13,16). The maximum absolute atomic E-state index is 10.8. The number of carbonyl (C=O) groups excluding carboxylic acids is 2. The minimum absolute atomic E-state index is 0.0203. The smallest absolute Gasteiger partial charge is 0.231 e. The van der Waals surface area contributed by atoms with Crippen LogP contribution in [0.4, 0.5) is 0 Å². The summed E-state index contributed by atoms with van der Waals surface area (Å²) in [6.45, 7) is 5.27. The van der Waals surface area contributed by atoms with Crippen LogP contribution in [0.25, 0.3) is 0 Å². The Morgan fingerprint density at radius 2 is 1.56 bits per heavy atom. The number of rotatable bonds is 8. The van der Waals surface area contributed by atoms with E-state index in [1.807, 2.05) is 13.8 Å². The zero-order valence-electron chi connectivity index (χ0n) is 10.0. The van der Waals surface area contributed by atoms with Crippen LogP contribution in [0, 0.1) is 5.41 Å². The number of hydrogen-bond acceptors (Lipinski definition) is 4. The minimum Gasteiger partial charge on any atom is -0.369 e. The first kappa shape index (κ1) is 14.9. The lowest BCUT2D eigenvalue weighted by atomic mass is 9.89. The molecule has 0 aliphatic carbocycles. The van der Waals surface area contributed by atoms with Gasteiger partial charge in [-0.15, -0.1) is 0 Å². The van der Waals surface area contributed by atoms with Crippen LogP contribution >= 0.6 is 0 Å². The molecule has 0 saturated carbocycles. The highest BCUT2D eigenvalue weighted by Crippen LogP contribution is 2.18. The number of nitrogens with two attached hydrogens (primary N) is 3. The Hall–Kier alpha value is -1.14. The normalized spacial score (nSPS) is 11.8. The van der Waals surface area contributed by atoms with E-state index in [9.17, 15) is 9.59 Å². The molecular formula is C10H22N4O2. The van der Waals surface area contributed by atoms with E-state index in [0.717, 1.165) is 6.42 Å². The molecule has 0 spiro atoms. The molecule has 0 aliphatic rings. The Kier molecular flexibility index (Phi) is 5.98. The molecule has 0 bridgehead atoms. The summed E-state index contributed by atoms with van der Waals surface area (Å²) in [5, 5.41) is 0. The second kappa shape index (κ2) is 6.44. The first-order valence-corrected chi connectivity index (χ1v) is 5.26. The van der Waals surface area contributed by atoms with Crippen LogP contribution in [0.5, 0.6) is 0 Å². The van der Waals surface area contributed by atoms with Crippen LogP contribution in [0.2, 0.25) is 0 Å². The average molecular weight is 230 g/mol. The Morgan fingerprint density at radius 3 is 1.88 bits per heavy atom. The van der Waals surface area contributed by atoms with Gasteiger partial charge in [-0.1, -0.05) is 13.8 Å². The third kappa shape index (κ3) is 7.19. The minimum atomic E-state index is -0.466. The maximum Gasteiger partial charge on any atom is 0.231 e. The third-order valence-electron chi connectivity index (χ3n) is 2.42. The highest BCUT2D eigenvalue weighted by molar-refractivity contribution is 5.79. The van der Waals surface area contributed by atoms with Gasteiger partial charge in [0.05, 0.1) is 13.1 Å². The topological polar surface area (TPSA) is 115 Å². The van der Waals surface area contributed by atoms with Crippen molar-refractivity contribution in [3.05, 3.63) is 0 Å². The summed E-state index contributed by atoms with van der Waals surface area (Å²) in [5.41, 5.74) is 15.7. The van der Waals surface area contributed by atoms with Crippen molar-refractivity contribution in [2.75, 3.05) is 26.2 Å². The van der Waals surface area contributed by atoms with Gasteiger partial charge in [-0.3, -0.25) is 14.5 Å². The van der Waals surface area contributed by atoms with Crippen molar-refractivity contribution in [1.82, 2.24) is 4.90 Å². The van der Waals surface area contributed by atoms with E-state index in [2.05, 4.69) is 0 Å². The summed E-state index contributed by atoms with van der Waals surface area (Å²) in [6.07, 6.45) is 0.782. The molecule has 0 heterocycles. The lowest BCUT2D eigenvalue weighted by Crippen LogP contribution is -2.41. The molecule has 0 atom stereocenters. The van der Waals surface area contributed by atoms with E-state index in [-0.39, 0.29) is 18.5 Å². The molecule has 0 unspecified atom stereocenters. The molecule has 6 N–H and O–H groups in total. The van der Waals surface area contributed by atoms with Crippen LogP contribution < -0.4 is 17.2 Å². The summed E-state index contributed by atoms with van der Waals surface area (Å²) in [7, 11) is 0. The zero-order chi connectivity index (χ0) is 12.8. The Morgan fingerprint density at radius 1 is 1.12 bits per heavy atom. The molecule has 0 aliphatic heterocycles. The lowest BCUT2D eigenvalue weighted by Gasteiger charge is -2.26. The van der Waals surface area contributed by atoms with Crippen molar-refractivity contribution >= 4 is 11.8 Å². The number of hydrogen-bond donors (Lipinski definition) is 3. The first-order valence-electron chi connectivity index (χ1n) is 5.26. The van der Waals surface area contributed by atoms with Crippen molar-refractivity contribution in [2.24, 2.45) is 22.6 Å². The molecular weight excluding hydrogens is 208 g/mol. The third-order valence-corrected chi connectivity index (χ3v) is 2.42. The molecule has 0 aromatic carbocycles. The molecule has 2 amide bonds. The second-order valence-electron chi connectivity index (χ2n) is 4.76. The largest absolute Gasteiger partial charge is 0.369 e. The Balaban J connectivity index is 4.20. The fourth-order valence-corrected chi connectivity index (χ4v) is 1.22. The predicted octanol–water partition coefficient (Wildman–Crippen LogP) is -1.37. The Bertz CT molecular complexity index is 237. The molecule has 0 fully saturated rings. The van der Waals surface area contributed by atoms with Crippen LogP contribution in [0.3, 0.4) is 0 Å². The van der Waals surface area contributed by atoms with Crippen molar-refractivity contribution in [3.8, 4) is 0 Å². The molecule has 0 rings (SSSR count). The van der Waals surface area contributed by atoms with Crippen molar-refractivity contribution in [2.45, 2.75) is 20.3 Å². The summed E-state index contributed by atoms with van der Waals surface area (Å²) in [5.74, 6) is -0.932. The lowest BCUT2D eigenvalue weighted by molar-refractivity contribution is -0.122. The molecule has 0 radical (unpaired) electrons. The molecule has 6 nitrogen and oxygen atoms in total. The van der Waals surface area contributed by atoms with Gasteiger partial charge in [0.25, 0.3) is 0 Å². The van der Waals surface area contributed by atoms with Crippen LogP contribution in [-0.4, -0.2) is 42.9 Å². The van der Waals surface area contributed by atoms with Crippen molar-refractivity contribution in [1.29, 1.82) is 0 Å². The molecule has 0 aromatic rings. The first-order chi connectivity index (χ1) is 7.26. The highest BCUT2D eigenvalue weighted by atomic mass is 16.2. The summed E-state index contributed by atoms with van der Waals surface area (Å²) in [6, 6.07) is 0. The van der Waals surface area contributed by atoms with Crippen LogP contribution in [-0.2, 0) is 9.59 Å². The number of nitrogens with zero attached hydrogens (tertiary/aromatic N) is 1. The van der Waals surface area contributed by atoms with Gasteiger partial charge < -0.3 is 17.2 Å². The molecule has 16 heavy (non-hydrogen) atoms. The zero-order valence-corrected chi connectivity index (χ0v) is 10.0. The van der Waals surface area contributed by atoms with E-state index in [1.54, 1.807) is 4.90 Å². The van der Waals surface area contributed by atoms with Gasteiger partial charge in [0, 0.05) is 0 Å². The van der Waals surface area contributed by atoms with Crippen LogP contribution in [0.15, 0.2) is 0 Å². The van der Waals surface area contributed by atoms with Gasteiger partial charge in [-0.25, -0.2) is 0 Å². The summed E-state index contributed by atoms with van der Waals surface area (Å²) >= 11 is 0. The van der Waals surface area contributed by atoms with E-state index in [4.69, 9.17) is 17.2 Å². The quantitative estimate of drug-likeness (QED) is 0.477. The van der Waals surface area contributed by atoms with Gasteiger partial charge in [-0.05, 0) is 24.9 Å². The number of amides is 2. The molecule has 94 valence electrons. The fourth-order valence-electron chi connectivity index (χ4n) is 1.22. The van der Waals surface area contributed by atoms with Gasteiger partial charge in [0.2, 0.25) is 11.8 Å². The predicted molar refractivity (Wildman–Crippen MR) is 62.3 cm³/mol. The van der Waals surface area contributed by atoms with Crippen molar-refractivity contribution in [3.63, 3.8) is 0 Å². The number of carbonyl (C=O) groups is 2. The van der Waals surface area contributed by atoms with Crippen LogP contribution in [0.1, 0.15) is 20.3 Å².